The summed E-state index contributed by atoms with van der Waals surface area (Å²) in [6, 6.07) is 8.08. The smallest absolute Gasteiger partial charge is 0.191 e. The number of nitrogens with two attached hydrogens (primary N) is 1. The van der Waals surface area contributed by atoms with Gasteiger partial charge in [0.25, 0.3) is 0 Å². The quantitative estimate of drug-likeness (QED) is 0.851. The number of aliphatic imine (C=N–C) groups is 1. The van der Waals surface area contributed by atoms with E-state index in [1.165, 1.54) is 5.56 Å². The number of guanidine groups is 1. The van der Waals surface area contributed by atoms with Gasteiger partial charge in [-0.25, -0.2) is 0 Å². The molecule has 0 aromatic heterocycles. The molecule has 1 aliphatic rings. The Labute approximate surface area is 120 Å². The number of hydrogen-bond donors (Lipinski definition) is 1. The van der Waals surface area contributed by atoms with Gasteiger partial charge in [-0.15, -0.1) is 0 Å². The van der Waals surface area contributed by atoms with Gasteiger partial charge in [0.2, 0.25) is 0 Å². The van der Waals surface area contributed by atoms with Crippen LogP contribution < -0.4 is 10.5 Å². The molecule has 110 valence electrons. The van der Waals surface area contributed by atoms with Crippen LogP contribution in [-0.2, 0) is 11.2 Å². The molecule has 1 atom stereocenters. The van der Waals surface area contributed by atoms with Gasteiger partial charge >= 0.3 is 0 Å². The SMILES string of the molecule is COCCN1C(N)=NCC1(C)Cc1ccccc1OC. The van der Waals surface area contributed by atoms with Crippen LogP contribution in [0.2, 0.25) is 0 Å². The van der Waals surface area contributed by atoms with Crippen molar-refractivity contribution in [3.8, 4) is 5.75 Å². The van der Waals surface area contributed by atoms with E-state index in [0.29, 0.717) is 19.1 Å². The van der Waals surface area contributed by atoms with Gasteiger partial charge in [-0.3, -0.25) is 4.99 Å². The molecular formula is C15H23N3O2. The lowest BCUT2D eigenvalue weighted by Crippen LogP contribution is -2.52. The lowest BCUT2D eigenvalue weighted by atomic mass is 9.91. The highest BCUT2D eigenvalue weighted by Crippen LogP contribution is 2.29. The van der Waals surface area contributed by atoms with E-state index in [-0.39, 0.29) is 5.54 Å². The van der Waals surface area contributed by atoms with E-state index in [1.54, 1.807) is 14.2 Å². The minimum atomic E-state index is -0.128. The van der Waals surface area contributed by atoms with E-state index < -0.39 is 0 Å². The molecule has 1 heterocycles. The van der Waals surface area contributed by atoms with Gasteiger partial charge in [0.1, 0.15) is 5.75 Å². The molecule has 2 rings (SSSR count). The first-order valence-corrected chi connectivity index (χ1v) is 6.79. The molecule has 1 aromatic rings. The van der Waals surface area contributed by atoms with E-state index in [1.807, 2.05) is 18.2 Å². The molecule has 0 saturated heterocycles. The molecule has 0 radical (unpaired) electrons. The Morgan fingerprint density at radius 1 is 1.35 bits per heavy atom. The number of ether oxygens (including phenoxy) is 2. The lowest BCUT2D eigenvalue weighted by Gasteiger charge is -2.36. The van der Waals surface area contributed by atoms with Crippen molar-refractivity contribution in [1.82, 2.24) is 4.90 Å². The van der Waals surface area contributed by atoms with Crippen molar-refractivity contribution in [2.75, 3.05) is 33.9 Å². The van der Waals surface area contributed by atoms with Crippen LogP contribution in [-0.4, -0.2) is 50.3 Å². The third-order valence-electron chi connectivity index (χ3n) is 3.79. The molecule has 5 nitrogen and oxygen atoms in total. The Hall–Kier alpha value is -1.75. The van der Waals surface area contributed by atoms with E-state index in [2.05, 4.69) is 22.9 Å². The number of benzene rings is 1. The molecule has 20 heavy (non-hydrogen) atoms. The summed E-state index contributed by atoms with van der Waals surface area (Å²) in [7, 11) is 3.39. The van der Waals surface area contributed by atoms with Gasteiger partial charge in [0, 0.05) is 20.1 Å². The predicted octanol–water partition coefficient (Wildman–Crippen LogP) is 1.27. The van der Waals surface area contributed by atoms with Gasteiger partial charge in [-0.05, 0) is 18.6 Å². The van der Waals surface area contributed by atoms with Crippen molar-refractivity contribution in [3.05, 3.63) is 29.8 Å². The zero-order valence-corrected chi connectivity index (χ0v) is 12.4. The summed E-state index contributed by atoms with van der Waals surface area (Å²) in [5.41, 5.74) is 7.05. The van der Waals surface area contributed by atoms with E-state index in [9.17, 15) is 0 Å². The molecule has 1 aromatic carbocycles. The van der Waals surface area contributed by atoms with Crippen LogP contribution in [0.3, 0.4) is 0 Å². The Bertz CT molecular complexity index is 490. The Morgan fingerprint density at radius 3 is 2.80 bits per heavy atom. The summed E-state index contributed by atoms with van der Waals surface area (Å²) in [5, 5.41) is 0. The third kappa shape index (κ3) is 2.88. The Balaban J connectivity index is 2.18. The summed E-state index contributed by atoms with van der Waals surface area (Å²) in [6.45, 7) is 4.26. The molecule has 1 unspecified atom stereocenters. The summed E-state index contributed by atoms with van der Waals surface area (Å²) < 4.78 is 10.6. The molecule has 1 aliphatic heterocycles. The fraction of sp³-hybridized carbons (Fsp3) is 0.533. The normalized spacial score (nSPS) is 21.9. The maximum atomic E-state index is 6.01. The molecule has 0 amide bonds. The maximum Gasteiger partial charge on any atom is 0.191 e. The minimum Gasteiger partial charge on any atom is -0.496 e. The van der Waals surface area contributed by atoms with Crippen LogP contribution in [0, 0.1) is 0 Å². The summed E-state index contributed by atoms with van der Waals surface area (Å²) in [4.78, 5) is 6.53. The number of para-hydroxylation sites is 1. The Kier molecular flexibility index (Phi) is 4.49. The first-order valence-electron chi connectivity index (χ1n) is 6.79. The highest BCUT2D eigenvalue weighted by atomic mass is 16.5. The van der Waals surface area contributed by atoms with Crippen LogP contribution in [0.15, 0.2) is 29.3 Å². The van der Waals surface area contributed by atoms with Crippen molar-refractivity contribution < 1.29 is 9.47 Å². The predicted molar refractivity (Wildman–Crippen MR) is 80.2 cm³/mol. The number of rotatable bonds is 6. The molecule has 0 spiro atoms. The second-order valence-corrected chi connectivity index (χ2v) is 5.30. The monoisotopic (exact) mass is 277 g/mol. The molecule has 0 fully saturated rings. The van der Waals surface area contributed by atoms with E-state index in [0.717, 1.165) is 18.7 Å². The number of hydrogen-bond acceptors (Lipinski definition) is 5. The second kappa shape index (κ2) is 6.13. The number of methoxy groups -OCH3 is 2. The highest BCUT2D eigenvalue weighted by Gasteiger charge is 2.38. The fourth-order valence-corrected chi connectivity index (χ4v) is 2.68. The summed E-state index contributed by atoms with van der Waals surface area (Å²) >= 11 is 0. The van der Waals surface area contributed by atoms with Gasteiger partial charge < -0.3 is 20.1 Å². The van der Waals surface area contributed by atoms with Crippen LogP contribution in [0.4, 0.5) is 0 Å². The van der Waals surface area contributed by atoms with Crippen molar-refractivity contribution in [2.45, 2.75) is 18.9 Å². The minimum absolute atomic E-state index is 0.128. The first kappa shape index (κ1) is 14.7. The third-order valence-corrected chi connectivity index (χ3v) is 3.79. The van der Waals surface area contributed by atoms with E-state index in [4.69, 9.17) is 15.2 Å². The van der Waals surface area contributed by atoms with Gasteiger partial charge in [0.05, 0.1) is 25.8 Å². The van der Waals surface area contributed by atoms with Crippen LogP contribution in [0.25, 0.3) is 0 Å². The van der Waals surface area contributed by atoms with E-state index >= 15 is 0 Å². The van der Waals surface area contributed by atoms with Crippen molar-refractivity contribution in [2.24, 2.45) is 10.7 Å². The summed E-state index contributed by atoms with van der Waals surface area (Å²) in [6.07, 6.45) is 0.838. The van der Waals surface area contributed by atoms with Crippen molar-refractivity contribution >= 4 is 5.96 Å². The molecule has 0 bridgehead atoms. The van der Waals surface area contributed by atoms with Crippen molar-refractivity contribution in [3.63, 3.8) is 0 Å². The average molecular weight is 277 g/mol. The molecular weight excluding hydrogens is 254 g/mol. The van der Waals surface area contributed by atoms with Crippen molar-refractivity contribution in [1.29, 1.82) is 0 Å². The maximum absolute atomic E-state index is 6.01. The van der Waals surface area contributed by atoms with Gasteiger partial charge in [0.15, 0.2) is 5.96 Å². The fourth-order valence-electron chi connectivity index (χ4n) is 2.68. The standard InChI is InChI=1S/C15H23N3O2/c1-15(10-12-6-4-5-7-13(12)20-3)11-17-14(16)18(15)8-9-19-2/h4-7H,8-11H2,1-3H3,(H2,16,17). The van der Waals surface area contributed by atoms with Crippen LogP contribution in [0.5, 0.6) is 5.75 Å². The molecule has 2 N–H and O–H groups in total. The molecule has 5 heteroatoms. The van der Waals surface area contributed by atoms with Gasteiger partial charge in [-0.2, -0.15) is 0 Å². The highest BCUT2D eigenvalue weighted by molar-refractivity contribution is 5.81. The lowest BCUT2D eigenvalue weighted by molar-refractivity contribution is 0.136. The van der Waals surface area contributed by atoms with Crippen LogP contribution >= 0.6 is 0 Å². The number of nitrogens with zero attached hydrogens (tertiary/aromatic N) is 2. The topological polar surface area (TPSA) is 60.1 Å². The first-order chi connectivity index (χ1) is 9.60. The van der Waals surface area contributed by atoms with Gasteiger partial charge in [-0.1, -0.05) is 18.2 Å². The second-order valence-electron chi connectivity index (χ2n) is 5.30. The zero-order chi connectivity index (χ0) is 14.6. The molecule has 0 aliphatic carbocycles. The van der Waals surface area contributed by atoms with Crippen LogP contribution in [0.1, 0.15) is 12.5 Å². The largest absolute Gasteiger partial charge is 0.496 e. The zero-order valence-electron chi connectivity index (χ0n) is 12.4. The molecule has 0 saturated carbocycles. The average Bonchev–Trinajstić information content (AvgIpc) is 2.73. The Morgan fingerprint density at radius 2 is 2.10 bits per heavy atom. The summed E-state index contributed by atoms with van der Waals surface area (Å²) in [5.74, 6) is 1.50.